The van der Waals surface area contributed by atoms with Crippen LogP contribution in [0.1, 0.15) is 16.9 Å². The van der Waals surface area contributed by atoms with E-state index in [4.69, 9.17) is 4.42 Å². The fourth-order valence-electron chi connectivity index (χ4n) is 3.10. The number of carbonyl (C=O) groups excluding carboxylic acids is 2. The molecule has 3 heterocycles. The zero-order chi connectivity index (χ0) is 19.8. The lowest BCUT2D eigenvalue weighted by molar-refractivity contribution is -0.115. The van der Waals surface area contributed by atoms with Gasteiger partial charge in [0.15, 0.2) is 5.58 Å². The fourth-order valence-corrected chi connectivity index (χ4v) is 3.76. The Morgan fingerprint density at radius 1 is 0.966 bits per heavy atom. The molecule has 138 valence electrons. The molecule has 4 aromatic rings. The molecule has 1 N–H and O–H groups in total. The summed E-state index contributed by atoms with van der Waals surface area (Å²) >= 11 is 0.849. The highest BCUT2D eigenvalue weighted by molar-refractivity contribution is 8.18. The van der Waals surface area contributed by atoms with E-state index in [1.54, 1.807) is 24.5 Å². The Labute approximate surface area is 169 Å². The second-order valence-corrected chi connectivity index (χ2v) is 7.43. The van der Waals surface area contributed by atoms with Crippen LogP contribution in [0.4, 0.5) is 4.79 Å². The topological polar surface area (TPSA) is 72.2 Å². The van der Waals surface area contributed by atoms with E-state index in [1.165, 1.54) is 0 Å². The molecule has 2 aromatic heterocycles. The second-order valence-electron chi connectivity index (χ2n) is 6.42. The molecule has 0 radical (unpaired) electrons. The highest BCUT2D eigenvalue weighted by atomic mass is 32.2. The van der Waals surface area contributed by atoms with Gasteiger partial charge in [-0.25, -0.2) is 0 Å². The third-order valence-corrected chi connectivity index (χ3v) is 5.26. The largest absolute Gasteiger partial charge is 0.455 e. The minimum atomic E-state index is -0.421. The molecule has 0 atom stereocenters. The minimum Gasteiger partial charge on any atom is -0.455 e. The first-order valence-electron chi connectivity index (χ1n) is 8.79. The number of fused-ring (bicyclic) bond motifs is 2. The van der Waals surface area contributed by atoms with Crippen molar-refractivity contribution in [1.82, 2.24) is 10.3 Å². The van der Waals surface area contributed by atoms with E-state index < -0.39 is 5.91 Å². The first-order chi connectivity index (χ1) is 14.2. The van der Waals surface area contributed by atoms with Gasteiger partial charge in [-0.1, -0.05) is 42.2 Å². The third-order valence-electron chi connectivity index (χ3n) is 4.45. The quantitative estimate of drug-likeness (QED) is 0.373. The molecule has 1 aliphatic heterocycles. The molecule has 0 aliphatic carbocycles. The average Bonchev–Trinajstić information content (AvgIpc) is 3.28. The monoisotopic (exact) mass is 396 g/mol. The van der Waals surface area contributed by atoms with Crippen molar-refractivity contribution in [3.63, 3.8) is 0 Å². The lowest BCUT2D eigenvalue weighted by atomic mass is 10.1. The lowest BCUT2D eigenvalue weighted by Crippen LogP contribution is -2.17. The maximum atomic E-state index is 11.7. The molecule has 6 heteroatoms. The summed E-state index contributed by atoms with van der Waals surface area (Å²) in [7, 11) is 0. The van der Waals surface area contributed by atoms with Gasteiger partial charge < -0.3 is 4.42 Å². The molecular formula is C23H12N2O3S. The van der Waals surface area contributed by atoms with E-state index in [1.807, 2.05) is 30.3 Å². The summed E-state index contributed by atoms with van der Waals surface area (Å²) < 4.78 is 5.88. The van der Waals surface area contributed by atoms with Gasteiger partial charge in [-0.3, -0.25) is 19.9 Å². The number of imide groups is 1. The van der Waals surface area contributed by atoms with Crippen LogP contribution >= 0.6 is 11.8 Å². The number of carbonyl (C=O) groups is 2. The van der Waals surface area contributed by atoms with Crippen molar-refractivity contribution < 1.29 is 14.0 Å². The number of benzene rings is 2. The van der Waals surface area contributed by atoms with Crippen molar-refractivity contribution in [3.8, 4) is 11.8 Å². The maximum Gasteiger partial charge on any atom is 0.290 e. The predicted molar refractivity (Wildman–Crippen MR) is 113 cm³/mol. The Balaban J connectivity index is 1.52. The molecule has 2 aromatic carbocycles. The summed E-state index contributed by atoms with van der Waals surface area (Å²) in [4.78, 5) is 27.6. The van der Waals surface area contributed by atoms with E-state index in [0.29, 0.717) is 21.8 Å². The van der Waals surface area contributed by atoms with E-state index >= 15 is 0 Å². The van der Waals surface area contributed by atoms with Crippen LogP contribution in [0.3, 0.4) is 0 Å². The molecule has 1 saturated heterocycles. The molecule has 29 heavy (non-hydrogen) atoms. The van der Waals surface area contributed by atoms with Gasteiger partial charge >= 0.3 is 0 Å². The van der Waals surface area contributed by atoms with Gasteiger partial charge in [0.2, 0.25) is 0 Å². The molecule has 0 saturated carbocycles. The SMILES string of the molecule is O=C1NC(=O)/C(=C\c2cc3cncc(C#Cc4ccc5ccccc5c4)c3o2)S1. The molecule has 1 aliphatic rings. The van der Waals surface area contributed by atoms with E-state index in [9.17, 15) is 9.59 Å². The fraction of sp³-hybridized carbons (Fsp3) is 0. The highest BCUT2D eigenvalue weighted by Gasteiger charge is 2.25. The van der Waals surface area contributed by atoms with Crippen LogP contribution in [0, 0.1) is 11.8 Å². The Bertz CT molecular complexity index is 1410. The summed E-state index contributed by atoms with van der Waals surface area (Å²) in [6.07, 6.45) is 4.87. The number of hydrogen-bond donors (Lipinski definition) is 1. The van der Waals surface area contributed by atoms with Crippen LogP contribution in [-0.2, 0) is 4.79 Å². The number of pyridine rings is 1. The minimum absolute atomic E-state index is 0.297. The Morgan fingerprint density at radius 2 is 1.83 bits per heavy atom. The number of nitrogens with zero attached hydrogens (tertiary/aromatic N) is 1. The molecule has 0 spiro atoms. The van der Waals surface area contributed by atoms with Crippen LogP contribution in [-0.4, -0.2) is 16.1 Å². The zero-order valence-electron chi connectivity index (χ0n) is 14.9. The number of nitrogens with one attached hydrogen (secondary N) is 1. The molecule has 0 bridgehead atoms. The number of thioether (sulfide) groups is 1. The van der Waals surface area contributed by atoms with Crippen LogP contribution < -0.4 is 5.32 Å². The van der Waals surface area contributed by atoms with Crippen LogP contribution in [0.5, 0.6) is 0 Å². The second kappa shape index (κ2) is 6.97. The molecule has 2 amide bonds. The molecule has 1 fully saturated rings. The number of furan rings is 1. The zero-order valence-corrected chi connectivity index (χ0v) is 15.7. The lowest BCUT2D eigenvalue weighted by Gasteiger charge is -1.97. The Kier molecular flexibility index (Phi) is 4.15. The molecule has 0 unspecified atom stereocenters. The first-order valence-corrected chi connectivity index (χ1v) is 9.61. The van der Waals surface area contributed by atoms with Crippen molar-refractivity contribution in [2.24, 2.45) is 0 Å². The van der Waals surface area contributed by atoms with Gasteiger partial charge in [0.25, 0.3) is 11.1 Å². The van der Waals surface area contributed by atoms with Crippen molar-refractivity contribution in [2.45, 2.75) is 0 Å². The van der Waals surface area contributed by atoms with Gasteiger partial charge in [0.05, 0.1) is 10.5 Å². The van der Waals surface area contributed by atoms with Crippen LogP contribution in [0.25, 0.3) is 27.8 Å². The van der Waals surface area contributed by atoms with E-state index in [2.05, 4.69) is 34.3 Å². The predicted octanol–water partition coefficient (Wildman–Crippen LogP) is 4.70. The normalized spacial score (nSPS) is 15.0. The maximum absolute atomic E-state index is 11.7. The number of amides is 2. The highest BCUT2D eigenvalue weighted by Crippen LogP contribution is 2.29. The van der Waals surface area contributed by atoms with E-state index in [-0.39, 0.29) is 5.24 Å². The summed E-state index contributed by atoms with van der Waals surface area (Å²) in [6.45, 7) is 0. The van der Waals surface area contributed by atoms with E-state index in [0.717, 1.165) is 33.5 Å². The van der Waals surface area contributed by atoms with Gasteiger partial charge in [-0.05, 0) is 40.7 Å². The Morgan fingerprint density at radius 3 is 2.66 bits per heavy atom. The summed E-state index contributed by atoms with van der Waals surface area (Å²) in [5.74, 6) is 6.33. The van der Waals surface area contributed by atoms with Crippen LogP contribution in [0.2, 0.25) is 0 Å². The van der Waals surface area contributed by atoms with Crippen LogP contribution in [0.15, 0.2) is 70.2 Å². The molecule has 5 nitrogen and oxygen atoms in total. The van der Waals surface area contributed by atoms with Gasteiger partial charge in [0.1, 0.15) is 5.76 Å². The Hall–Kier alpha value is -3.82. The van der Waals surface area contributed by atoms with Gasteiger partial charge in [-0.2, -0.15) is 0 Å². The van der Waals surface area contributed by atoms with Crippen molar-refractivity contribution in [1.29, 1.82) is 0 Å². The summed E-state index contributed by atoms with van der Waals surface area (Å²) in [5.41, 5.74) is 2.14. The smallest absolute Gasteiger partial charge is 0.290 e. The first kappa shape index (κ1) is 17.3. The standard InChI is InChI=1S/C23H12N2O3S/c26-22-20(29-23(27)25-22)11-19-10-18-13-24-12-17(21(18)28-19)8-6-14-5-7-15-3-1-2-4-16(15)9-14/h1-5,7,9-13H,(H,25,26,27)/b20-11+. The number of hydrogen-bond acceptors (Lipinski definition) is 5. The third kappa shape index (κ3) is 3.40. The molecule has 5 rings (SSSR count). The summed E-state index contributed by atoms with van der Waals surface area (Å²) in [6, 6.07) is 16.0. The van der Waals surface area contributed by atoms with Gasteiger partial charge in [-0.15, -0.1) is 0 Å². The average molecular weight is 396 g/mol. The molecular weight excluding hydrogens is 384 g/mol. The van der Waals surface area contributed by atoms with Crippen molar-refractivity contribution in [2.75, 3.05) is 0 Å². The number of aromatic nitrogens is 1. The van der Waals surface area contributed by atoms with Crippen molar-refractivity contribution >= 4 is 50.7 Å². The summed E-state index contributed by atoms with van der Waals surface area (Å²) in [5, 5.41) is 4.90. The van der Waals surface area contributed by atoms with Gasteiger partial charge in [0, 0.05) is 29.4 Å². The van der Waals surface area contributed by atoms with Crippen molar-refractivity contribution in [3.05, 3.63) is 82.7 Å². The number of rotatable bonds is 1.